The molecule has 0 spiro atoms. The average Bonchev–Trinajstić information content (AvgIpc) is 3.45. The summed E-state index contributed by atoms with van der Waals surface area (Å²) in [6.45, 7) is 22.6. The number of aliphatic hydroxyl groups is 1. The van der Waals surface area contributed by atoms with Crippen molar-refractivity contribution in [3.8, 4) is 0 Å². The van der Waals surface area contributed by atoms with Crippen LogP contribution in [0.5, 0.6) is 0 Å². The van der Waals surface area contributed by atoms with Crippen LogP contribution in [-0.2, 0) is 30.5 Å². The Bertz CT molecular complexity index is 1870. The van der Waals surface area contributed by atoms with Gasteiger partial charge in [-0.1, -0.05) is 84.7 Å². The highest BCUT2D eigenvalue weighted by atomic mass is 35.5. The van der Waals surface area contributed by atoms with Crippen LogP contribution in [0.4, 0.5) is 0 Å². The van der Waals surface area contributed by atoms with E-state index in [0.29, 0.717) is 23.9 Å². The fourth-order valence-electron chi connectivity index (χ4n) is 13.9. The van der Waals surface area contributed by atoms with E-state index in [1.807, 2.05) is 43.3 Å². The molecule has 0 saturated heterocycles. The van der Waals surface area contributed by atoms with Gasteiger partial charge in [0.2, 0.25) is 5.91 Å². The minimum Gasteiger partial charge on any atom is -0.481 e. The average molecular weight is 838 g/mol. The highest BCUT2D eigenvalue weighted by molar-refractivity contribution is 6.30. The maximum absolute atomic E-state index is 14.4. The largest absolute Gasteiger partial charge is 0.481 e. The van der Waals surface area contributed by atoms with Crippen molar-refractivity contribution in [2.75, 3.05) is 27.2 Å². The summed E-state index contributed by atoms with van der Waals surface area (Å²) in [7, 11) is 3.75. The number of benzene rings is 1. The second-order valence-electron chi connectivity index (χ2n) is 22.3. The lowest BCUT2D eigenvalue weighted by Crippen LogP contribution is -2.69. The molecule has 1 aromatic rings. The number of ketones is 1. The van der Waals surface area contributed by atoms with Gasteiger partial charge in [-0.15, -0.1) is 0 Å². The summed E-state index contributed by atoms with van der Waals surface area (Å²) in [6.07, 6.45) is 6.07. The molecule has 10 heteroatoms. The van der Waals surface area contributed by atoms with E-state index in [0.717, 1.165) is 56.1 Å². The second-order valence-corrected chi connectivity index (χ2v) is 22.7. The molecule has 0 radical (unpaired) electrons. The Hall–Kier alpha value is -2.75. The van der Waals surface area contributed by atoms with E-state index in [-0.39, 0.29) is 82.6 Å². The number of carboxylic acid groups (broad SMARTS) is 1. The minimum absolute atomic E-state index is 0.0204. The molecular formula is C49H73ClN2O7. The molecule has 9 unspecified atom stereocenters. The number of nitrogens with zero attached hydrogens (tertiary/aromatic N) is 2. The molecule has 9 nitrogen and oxygen atoms in total. The lowest BCUT2D eigenvalue weighted by molar-refractivity contribution is -0.272. The van der Waals surface area contributed by atoms with Crippen LogP contribution in [0.1, 0.15) is 139 Å². The molecule has 4 fully saturated rings. The molecule has 5 aliphatic rings. The number of carbonyl (C=O) groups is 4. The van der Waals surface area contributed by atoms with Gasteiger partial charge in [0.25, 0.3) is 0 Å². The first-order valence-electron chi connectivity index (χ1n) is 22.3. The van der Waals surface area contributed by atoms with Gasteiger partial charge in [-0.2, -0.15) is 0 Å². The summed E-state index contributed by atoms with van der Waals surface area (Å²) in [5.74, 6) is -0.817. The van der Waals surface area contributed by atoms with Gasteiger partial charge in [-0.3, -0.25) is 19.2 Å². The van der Waals surface area contributed by atoms with Gasteiger partial charge in [-0.25, -0.2) is 0 Å². The summed E-state index contributed by atoms with van der Waals surface area (Å²) >= 11 is 6.21. The molecular weight excluding hydrogens is 764 g/mol. The Morgan fingerprint density at radius 1 is 0.898 bits per heavy atom. The first-order chi connectivity index (χ1) is 27.2. The number of allylic oxidation sites excluding steroid dienone is 1. The minimum atomic E-state index is -1.20. The number of Topliss-reactive ketones (excluding diaryl/α,β-unsaturated/α-hetero) is 1. The Morgan fingerprint density at radius 2 is 1.53 bits per heavy atom. The van der Waals surface area contributed by atoms with E-state index >= 15 is 0 Å². The maximum atomic E-state index is 14.4. The Morgan fingerprint density at radius 3 is 2.12 bits per heavy atom. The molecule has 0 aromatic heterocycles. The molecule has 1 amide bonds. The first kappa shape index (κ1) is 45.8. The zero-order valence-corrected chi connectivity index (χ0v) is 38.9. The van der Waals surface area contributed by atoms with Gasteiger partial charge in [-0.05, 0) is 142 Å². The van der Waals surface area contributed by atoms with E-state index in [4.69, 9.17) is 16.3 Å². The standard InChI is InChI=1S/C49H73ClN2O7/c1-30(2)40-34(53)25-49(36(54)28-52(38(55)29-51(11)12)27-31-13-15-32(50)16-14-31)24-22-45(7)33(41(40)49)17-18-35-46(45,8)21-23-48(10)44(5,6)37(19-20-47(35,48)9)59-39(56)26-43(3,4)42(57)58/h13-16,30,33,35-37,54H,17-29H2,1-12H3,(H,57,58). The Kier molecular flexibility index (Phi) is 12.1. The molecule has 0 heterocycles. The number of fused-ring (bicyclic) bond motifs is 7. The molecule has 2 N–H and O–H groups in total. The summed E-state index contributed by atoms with van der Waals surface area (Å²) in [5.41, 5.74) is 0.391. The van der Waals surface area contributed by atoms with Gasteiger partial charge < -0.3 is 24.7 Å². The van der Waals surface area contributed by atoms with Crippen molar-refractivity contribution in [1.29, 1.82) is 0 Å². The monoisotopic (exact) mass is 837 g/mol. The van der Waals surface area contributed by atoms with Crippen LogP contribution in [-0.4, -0.2) is 83.0 Å². The van der Waals surface area contributed by atoms with Crippen LogP contribution in [0.2, 0.25) is 5.02 Å². The number of likely N-dealkylation sites (N-methyl/N-ethyl adjacent to an activating group) is 1. The lowest BCUT2D eigenvalue weighted by Gasteiger charge is -2.75. The van der Waals surface area contributed by atoms with Crippen molar-refractivity contribution < 1.29 is 34.1 Å². The van der Waals surface area contributed by atoms with Crippen LogP contribution >= 0.6 is 11.6 Å². The smallest absolute Gasteiger partial charge is 0.309 e. The SMILES string of the molecule is CC(C)C1=C2C3CCC4C(C)(CCC5(C)C(C)(C)C(OC(=O)CC(C)(C)C(=O)O)CCC45C)C3(C)CCC2(C(O)CN(Cc2ccc(Cl)cc2)C(=O)CN(C)C)CC1=O. The number of rotatable bonds is 12. The van der Waals surface area contributed by atoms with Crippen molar-refractivity contribution in [3.05, 3.63) is 46.0 Å². The molecule has 4 saturated carbocycles. The van der Waals surface area contributed by atoms with Crippen molar-refractivity contribution >= 4 is 35.2 Å². The van der Waals surface area contributed by atoms with Gasteiger partial charge in [0, 0.05) is 35.4 Å². The molecule has 9 atom stereocenters. The normalized spacial score (nSPS) is 35.7. The first-order valence-corrected chi connectivity index (χ1v) is 22.6. The topological polar surface area (TPSA) is 124 Å². The van der Waals surface area contributed by atoms with E-state index < -0.39 is 28.9 Å². The second kappa shape index (κ2) is 15.6. The highest BCUT2D eigenvalue weighted by Crippen LogP contribution is 2.79. The number of aliphatic carboxylic acids is 1. The number of aliphatic hydroxyl groups excluding tert-OH is 1. The zero-order chi connectivity index (χ0) is 43.9. The van der Waals surface area contributed by atoms with Gasteiger partial charge in [0.15, 0.2) is 5.78 Å². The van der Waals surface area contributed by atoms with Gasteiger partial charge >= 0.3 is 11.9 Å². The van der Waals surface area contributed by atoms with Crippen LogP contribution in [0.3, 0.4) is 0 Å². The Labute approximate surface area is 359 Å². The van der Waals surface area contributed by atoms with E-state index in [1.165, 1.54) is 5.57 Å². The number of carbonyl (C=O) groups excluding carboxylic acids is 3. The fraction of sp³-hybridized carbons (Fsp3) is 0.755. The predicted molar refractivity (Wildman–Crippen MR) is 231 cm³/mol. The van der Waals surface area contributed by atoms with Crippen molar-refractivity contribution in [2.45, 2.75) is 152 Å². The van der Waals surface area contributed by atoms with Gasteiger partial charge in [0.05, 0.1) is 24.5 Å². The van der Waals surface area contributed by atoms with E-state index in [9.17, 15) is 29.4 Å². The fourth-order valence-corrected chi connectivity index (χ4v) is 14.0. The predicted octanol–water partition coefficient (Wildman–Crippen LogP) is 9.37. The van der Waals surface area contributed by atoms with Crippen LogP contribution in [0.25, 0.3) is 0 Å². The quantitative estimate of drug-likeness (QED) is 0.200. The molecule has 1 aromatic carbocycles. The van der Waals surface area contributed by atoms with Crippen molar-refractivity contribution in [3.63, 3.8) is 0 Å². The summed E-state index contributed by atoms with van der Waals surface area (Å²) < 4.78 is 6.25. The van der Waals surface area contributed by atoms with Crippen LogP contribution < -0.4 is 0 Å². The van der Waals surface area contributed by atoms with Crippen LogP contribution in [0.15, 0.2) is 35.4 Å². The van der Waals surface area contributed by atoms with E-state index in [1.54, 1.807) is 18.7 Å². The summed E-state index contributed by atoms with van der Waals surface area (Å²) in [5, 5.41) is 23.0. The molecule has 5 aliphatic carbocycles. The number of esters is 1. The third-order valence-electron chi connectivity index (χ3n) is 18.1. The number of hydrogen-bond donors (Lipinski definition) is 2. The number of hydrogen-bond acceptors (Lipinski definition) is 7. The highest BCUT2D eigenvalue weighted by Gasteiger charge is 2.73. The molecule has 0 bridgehead atoms. The lowest BCUT2D eigenvalue weighted by atomic mass is 9.29. The number of halogens is 1. The molecule has 6 rings (SSSR count). The van der Waals surface area contributed by atoms with E-state index in [2.05, 4.69) is 55.4 Å². The number of amides is 1. The molecule has 328 valence electrons. The number of carboxylic acids is 1. The van der Waals surface area contributed by atoms with Crippen molar-refractivity contribution in [2.24, 2.45) is 55.7 Å². The Balaban J connectivity index is 1.32. The maximum Gasteiger partial charge on any atom is 0.309 e. The summed E-state index contributed by atoms with van der Waals surface area (Å²) in [4.78, 5) is 56.9. The van der Waals surface area contributed by atoms with Crippen LogP contribution in [0, 0.1) is 55.7 Å². The van der Waals surface area contributed by atoms with Gasteiger partial charge in [0.1, 0.15) is 6.10 Å². The summed E-state index contributed by atoms with van der Waals surface area (Å²) in [6, 6.07) is 7.50. The zero-order valence-electron chi connectivity index (χ0n) is 38.1. The van der Waals surface area contributed by atoms with Crippen molar-refractivity contribution in [1.82, 2.24) is 9.80 Å². The molecule has 59 heavy (non-hydrogen) atoms. The third kappa shape index (κ3) is 7.23. The molecule has 0 aliphatic heterocycles. The third-order valence-corrected chi connectivity index (χ3v) is 18.3. The number of ether oxygens (including phenoxy) is 1.